The van der Waals surface area contributed by atoms with Gasteiger partial charge in [-0.3, -0.25) is 4.79 Å². The van der Waals surface area contributed by atoms with Gasteiger partial charge in [0.1, 0.15) is 27.7 Å². The molecule has 6 nitrogen and oxygen atoms in total. The number of thioether (sulfide) groups is 1. The summed E-state index contributed by atoms with van der Waals surface area (Å²) in [4.78, 5) is 23.9. The summed E-state index contributed by atoms with van der Waals surface area (Å²) in [6.45, 7) is 2.30. The number of anilines is 1. The number of thiophene rings is 1. The number of carbonyl (C=O) groups excluding carboxylic acids is 1. The van der Waals surface area contributed by atoms with E-state index in [0.29, 0.717) is 23.1 Å². The molecule has 0 fully saturated rings. The highest BCUT2D eigenvalue weighted by Gasteiger charge is 2.23. The molecule has 0 radical (unpaired) electrons. The van der Waals surface area contributed by atoms with Gasteiger partial charge in [0.25, 0.3) is 0 Å². The van der Waals surface area contributed by atoms with E-state index in [0.717, 1.165) is 28.1 Å². The first-order valence-electron chi connectivity index (χ1n) is 9.48. The van der Waals surface area contributed by atoms with Crippen molar-refractivity contribution in [1.29, 1.82) is 0 Å². The molecule has 4 rings (SSSR count). The number of methoxy groups -OCH3 is 2. The number of ether oxygens (including phenoxy) is 2. The van der Waals surface area contributed by atoms with Crippen LogP contribution in [-0.4, -0.2) is 35.8 Å². The Morgan fingerprint density at radius 2 is 2.00 bits per heavy atom. The molecule has 1 aromatic carbocycles. The number of hydrogen-bond donors (Lipinski definition) is 1. The molecule has 0 saturated carbocycles. The van der Waals surface area contributed by atoms with Gasteiger partial charge in [-0.15, -0.1) is 11.3 Å². The van der Waals surface area contributed by atoms with Crippen LogP contribution in [0.15, 0.2) is 29.6 Å². The van der Waals surface area contributed by atoms with Crippen molar-refractivity contribution < 1.29 is 14.3 Å². The normalized spacial score (nSPS) is 15.8. The Morgan fingerprint density at radius 1 is 1.24 bits per heavy atom. The first-order chi connectivity index (χ1) is 14.1. The predicted molar refractivity (Wildman–Crippen MR) is 118 cm³/mol. The number of aromatic nitrogens is 2. The van der Waals surface area contributed by atoms with Crippen LogP contribution in [0.3, 0.4) is 0 Å². The predicted octanol–water partition coefficient (Wildman–Crippen LogP) is 4.56. The van der Waals surface area contributed by atoms with Crippen molar-refractivity contribution in [2.75, 3.05) is 25.3 Å². The summed E-state index contributed by atoms with van der Waals surface area (Å²) in [7, 11) is 3.16. The third-order valence-electron chi connectivity index (χ3n) is 5.03. The molecule has 29 heavy (non-hydrogen) atoms. The Hall–Kier alpha value is -2.32. The molecule has 0 aliphatic heterocycles. The summed E-state index contributed by atoms with van der Waals surface area (Å²) >= 11 is 3.23. The van der Waals surface area contributed by atoms with Gasteiger partial charge in [-0.2, -0.15) is 0 Å². The summed E-state index contributed by atoms with van der Waals surface area (Å²) in [5.74, 6) is 2.14. The van der Waals surface area contributed by atoms with Crippen LogP contribution >= 0.6 is 23.1 Å². The van der Waals surface area contributed by atoms with Crippen LogP contribution in [0.25, 0.3) is 10.2 Å². The van der Waals surface area contributed by atoms with E-state index < -0.39 is 0 Å². The summed E-state index contributed by atoms with van der Waals surface area (Å²) < 4.78 is 10.5. The average Bonchev–Trinajstić information content (AvgIpc) is 3.09. The Balaban J connectivity index is 1.49. The van der Waals surface area contributed by atoms with E-state index in [1.807, 2.05) is 0 Å². The zero-order chi connectivity index (χ0) is 20.4. The minimum absolute atomic E-state index is 0.102. The molecule has 1 aliphatic carbocycles. The highest BCUT2D eigenvalue weighted by atomic mass is 32.2. The molecule has 1 aliphatic rings. The fourth-order valence-electron chi connectivity index (χ4n) is 3.57. The van der Waals surface area contributed by atoms with Crippen LogP contribution in [0.1, 0.15) is 23.8 Å². The van der Waals surface area contributed by atoms with Crippen LogP contribution in [0.5, 0.6) is 11.5 Å². The van der Waals surface area contributed by atoms with E-state index in [1.165, 1.54) is 28.6 Å². The monoisotopic (exact) mass is 429 g/mol. The lowest BCUT2D eigenvalue weighted by Crippen LogP contribution is -2.14. The minimum atomic E-state index is -0.102. The zero-order valence-corrected chi connectivity index (χ0v) is 18.3. The number of nitrogens with one attached hydrogen (secondary N) is 1. The summed E-state index contributed by atoms with van der Waals surface area (Å²) in [5, 5.41) is 4.94. The molecule has 0 spiro atoms. The van der Waals surface area contributed by atoms with Crippen molar-refractivity contribution >= 4 is 44.9 Å². The Bertz CT molecular complexity index is 1030. The SMILES string of the molecule is COc1cc(NC(=O)CSc2ncnc3sc4c(c23)CC[C@@H](C)C4)cc(OC)c1. The third kappa shape index (κ3) is 4.33. The maximum absolute atomic E-state index is 12.5. The van der Waals surface area contributed by atoms with Crippen molar-refractivity contribution in [1.82, 2.24) is 9.97 Å². The average molecular weight is 430 g/mol. The second-order valence-electron chi connectivity index (χ2n) is 7.15. The molecule has 1 amide bonds. The second kappa shape index (κ2) is 8.59. The van der Waals surface area contributed by atoms with Crippen LogP contribution in [0.2, 0.25) is 0 Å². The zero-order valence-electron chi connectivity index (χ0n) is 16.7. The van der Waals surface area contributed by atoms with Gasteiger partial charge in [-0.25, -0.2) is 9.97 Å². The van der Waals surface area contributed by atoms with E-state index in [2.05, 4.69) is 22.2 Å². The first kappa shape index (κ1) is 20.0. The smallest absolute Gasteiger partial charge is 0.234 e. The molecule has 0 unspecified atom stereocenters. The van der Waals surface area contributed by atoms with Crippen LogP contribution in [-0.2, 0) is 17.6 Å². The number of aryl methyl sites for hydroxylation is 1. The maximum atomic E-state index is 12.5. The molecule has 8 heteroatoms. The molecule has 2 aromatic heterocycles. The lowest BCUT2D eigenvalue weighted by molar-refractivity contribution is -0.113. The van der Waals surface area contributed by atoms with Crippen molar-refractivity contribution in [2.45, 2.75) is 31.2 Å². The molecular formula is C21H23N3O3S2. The molecule has 1 N–H and O–H groups in total. The molecule has 0 saturated heterocycles. The molecule has 2 heterocycles. The fourth-order valence-corrected chi connectivity index (χ4v) is 5.81. The van der Waals surface area contributed by atoms with E-state index >= 15 is 0 Å². The number of benzene rings is 1. The first-order valence-corrected chi connectivity index (χ1v) is 11.3. The van der Waals surface area contributed by atoms with Gasteiger partial charge in [-0.1, -0.05) is 18.7 Å². The summed E-state index contributed by atoms with van der Waals surface area (Å²) in [6.07, 6.45) is 4.96. The summed E-state index contributed by atoms with van der Waals surface area (Å²) in [5.41, 5.74) is 2.02. The number of amides is 1. The van der Waals surface area contributed by atoms with E-state index in [4.69, 9.17) is 9.47 Å². The second-order valence-corrected chi connectivity index (χ2v) is 9.20. The third-order valence-corrected chi connectivity index (χ3v) is 7.18. The number of rotatable bonds is 6. The molecule has 1 atom stereocenters. The van der Waals surface area contributed by atoms with Gasteiger partial charge >= 0.3 is 0 Å². The maximum Gasteiger partial charge on any atom is 0.234 e. The highest BCUT2D eigenvalue weighted by molar-refractivity contribution is 8.00. The molecule has 0 bridgehead atoms. The van der Waals surface area contributed by atoms with Gasteiger partial charge in [0.15, 0.2) is 0 Å². The number of hydrogen-bond acceptors (Lipinski definition) is 7. The number of nitrogens with zero attached hydrogens (tertiary/aromatic N) is 2. The Labute approximate surface area is 178 Å². The lowest BCUT2D eigenvalue weighted by Gasteiger charge is -2.18. The Morgan fingerprint density at radius 3 is 2.72 bits per heavy atom. The van der Waals surface area contributed by atoms with Crippen molar-refractivity contribution in [2.24, 2.45) is 5.92 Å². The van der Waals surface area contributed by atoms with Gasteiger partial charge in [0.05, 0.1) is 20.0 Å². The standard InChI is InChI=1S/C21H23N3O3S2/c1-12-4-5-16-17(6-12)29-21-19(16)20(22-11-23-21)28-10-18(25)24-13-7-14(26-2)9-15(8-13)27-3/h7-9,11-12H,4-6,10H2,1-3H3,(H,24,25)/t12-/m1/s1. The van der Waals surface area contributed by atoms with E-state index in [-0.39, 0.29) is 11.7 Å². The minimum Gasteiger partial charge on any atom is -0.497 e. The van der Waals surface area contributed by atoms with Crippen LogP contribution in [0, 0.1) is 5.92 Å². The van der Waals surface area contributed by atoms with Crippen LogP contribution in [0.4, 0.5) is 5.69 Å². The molecular weight excluding hydrogens is 406 g/mol. The van der Waals surface area contributed by atoms with Crippen LogP contribution < -0.4 is 14.8 Å². The van der Waals surface area contributed by atoms with Crippen molar-refractivity contribution in [3.05, 3.63) is 35.0 Å². The number of fused-ring (bicyclic) bond motifs is 3. The van der Waals surface area contributed by atoms with Gasteiger partial charge in [0, 0.05) is 34.1 Å². The van der Waals surface area contributed by atoms with Crippen molar-refractivity contribution in [3.8, 4) is 11.5 Å². The molecule has 152 valence electrons. The van der Waals surface area contributed by atoms with Gasteiger partial charge in [0.2, 0.25) is 5.91 Å². The quantitative estimate of drug-likeness (QED) is 0.457. The van der Waals surface area contributed by atoms with Gasteiger partial charge in [-0.05, 0) is 30.7 Å². The van der Waals surface area contributed by atoms with Gasteiger partial charge < -0.3 is 14.8 Å². The lowest BCUT2D eigenvalue weighted by atomic mass is 9.89. The number of carbonyl (C=O) groups is 1. The van der Waals surface area contributed by atoms with E-state index in [9.17, 15) is 4.79 Å². The largest absolute Gasteiger partial charge is 0.497 e. The highest BCUT2D eigenvalue weighted by Crippen LogP contribution is 2.40. The fraction of sp³-hybridized carbons (Fsp3) is 0.381. The topological polar surface area (TPSA) is 73.3 Å². The summed E-state index contributed by atoms with van der Waals surface area (Å²) in [6, 6.07) is 5.30. The molecule has 3 aromatic rings. The Kier molecular flexibility index (Phi) is 5.91. The van der Waals surface area contributed by atoms with E-state index in [1.54, 1.807) is 50.1 Å². The van der Waals surface area contributed by atoms with Crippen molar-refractivity contribution in [3.63, 3.8) is 0 Å².